The molecule has 144 valence electrons. The molecule has 1 aliphatic rings. The summed E-state index contributed by atoms with van der Waals surface area (Å²) in [4.78, 5) is 19.8. The lowest BCUT2D eigenvalue weighted by Gasteiger charge is -2.18. The first-order valence-corrected chi connectivity index (χ1v) is 10.0. The van der Waals surface area contributed by atoms with Crippen LogP contribution in [0.2, 0.25) is 5.02 Å². The molecule has 0 radical (unpaired) electrons. The maximum absolute atomic E-state index is 13.4. The van der Waals surface area contributed by atoms with Gasteiger partial charge in [0.15, 0.2) is 0 Å². The van der Waals surface area contributed by atoms with Crippen LogP contribution in [0.25, 0.3) is 16.8 Å². The van der Waals surface area contributed by atoms with Crippen LogP contribution in [-0.4, -0.2) is 11.7 Å². The van der Waals surface area contributed by atoms with Gasteiger partial charge in [0.2, 0.25) is 0 Å². The predicted octanol–water partition coefficient (Wildman–Crippen LogP) is 6.33. The number of nitrogens with zero attached hydrogens (tertiary/aromatic N) is 2. The number of aliphatic imine (C=N–C) groups is 1. The molecule has 3 nitrogen and oxygen atoms in total. The average Bonchev–Trinajstić information content (AvgIpc) is 3.11. The zero-order valence-corrected chi connectivity index (χ0v) is 16.8. The SMILES string of the molecule is O=C1/C(=C\c2cccc3ccccc23)N=C(c2ccc(Cl)cc2)N1c1ccccc1. The van der Waals surface area contributed by atoms with Gasteiger partial charge in [-0.1, -0.05) is 72.3 Å². The first kappa shape index (κ1) is 18.3. The molecule has 0 saturated heterocycles. The van der Waals surface area contributed by atoms with Crippen molar-refractivity contribution >= 4 is 45.9 Å². The number of amides is 1. The maximum Gasteiger partial charge on any atom is 0.282 e. The summed E-state index contributed by atoms with van der Waals surface area (Å²) in [5.41, 5.74) is 2.97. The van der Waals surface area contributed by atoms with E-state index in [4.69, 9.17) is 16.6 Å². The number of benzene rings is 4. The zero-order valence-electron chi connectivity index (χ0n) is 16.0. The number of carbonyl (C=O) groups excluding carboxylic acids is 1. The van der Waals surface area contributed by atoms with Gasteiger partial charge in [-0.3, -0.25) is 9.69 Å². The molecule has 0 bridgehead atoms. The quantitative estimate of drug-likeness (QED) is 0.365. The molecule has 0 fully saturated rings. The van der Waals surface area contributed by atoms with Crippen molar-refractivity contribution in [3.05, 3.63) is 119 Å². The third-order valence-corrected chi connectivity index (χ3v) is 5.34. The van der Waals surface area contributed by atoms with Crippen molar-refractivity contribution in [1.82, 2.24) is 0 Å². The molecule has 4 aromatic carbocycles. The number of para-hydroxylation sites is 1. The largest absolute Gasteiger partial charge is 0.282 e. The zero-order chi connectivity index (χ0) is 20.5. The van der Waals surface area contributed by atoms with Gasteiger partial charge in [0, 0.05) is 10.6 Å². The van der Waals surface area contributed by atoms with E-state index in [0.29, 0.717) is 16.6 Å². The van der Waals surface area contributed by atoms with Crippen molar-refractivity contribution in [2.75, 3.05) is 4.90 Å². The molecule has 4 aromatic rings. The van der Waals surface area contributed by atoms with E-state index in [1.54, 1.807) is 17.0 Å². The monoisotopic (exact) mass is 408 g/mol. The average molecular weight is 409 g/mol. The number of halogens is 1. The molecule has 0 aliphatic carbocycles. The fourth-order valence-electron chi connectivity index (χ4n) is 3.65. The second kappa shape index (κ2) is 7.62. The van der Waals surface area contributed by atoms with Crippen LogP contribution in [0, 0.1) is 0 Å². The van der Waals surface area contributed by atoms with Gasteiger partial charge in [-0.05, 0) is 58.8 Å². The van der Waals surface area contributed by atoms with Crippen LogP contribution >= 0.6 is 11.6 Å². The number of hydrogen-bond acceptors (Lipinski definition) is 2. The topological polar surface area (TPSA) is 32.7 Å². The summed E-state index contributed by atoms with van der Waals surface area (Å²) in [6.07, 6.45) is 1.86. The summed E-state index contributed by atoms with van der Waals surface area (Å²) in [6.45, 7) is 0. The standard InChI is InChI=1S/C26H17ClN2O/c27-21-15-13-19(14-16-21)25-28-24(26(30)29(25)22-10-2-1-3-11-22)17-20-9-6-8-18-7-4-5-12-23(18)20/h1-17H/b24-17+. The maximum atomic E-state index is 13.4. The highest BCUT2D eigenvalue weighted by atomic mass is 35.5. The van der Waals surface area contributed by atoms with E-state index in [-0.39, 0.29) is 5.91 Å². The van der Waals surface area contributed by atoms with E-state index in [2.05, 4.69) is 18.2 Å². The lowest BCUT2D eigenvalue weighted by atomic mass is 10.0. The molecule has 0 aromatic heterocycles. The Hall–Kier alpha value is -3.69. The first-order valence-electron chi connectivity index (χ1n) is 9.64. The van der Waals surface area contributed by atoms with Gasteiger partial charge >= 0.3 is 0 Å². The predicted molar refractivity (Wildman–Crippen MR) is 124 cm³/mol. The highest BCUT2D eigenvalue weighted by molar-refractivity contribution is 6.34. The highest BCUT2D eigenvalue weighted by Gasteiger charge is 2.32. The Bertz CT molecular complexity index is 1300. The third-order valence-electron chi connectivity index (χ3n) is 5.09. The van der Waals surface area contributed by atoms with Crippen molar-refractivity contribution in [2.45, 2.75) is 0 Å². The molecule has 4 heteroatoms. The number of amidine groups is 1. The lowest BCUT2D eigenvalue weighted by Crippen LogP contribution is -2.32. The molecule has 1 aliphatic heterocycles. The molecule has 0 atom stereocenters. The first-order chi connectivity index (χ1) is 14.7. The van der Waals surface area contributed by atoms with Crippen molar-refractivity contribution in [2.24, 2.45) is 4.99 Å². The molecule has 0 N–H and O–H groups in total. The van der Waals surface area contributed by atoms with Crippen LogP contribution in [0.3, 0.4) is 0 Å². The summed E-state index contributed by atoms with van der Waals surface area (Å²) in [6, 6.07) is 31.1. The Morgan fingerprint density at radius 2 is 1.47 bits per heavy atom. The van der Waals surface area contributed by atoms with Crippen LogP contribution in [-0.2, 0) is 4.79 Å². The van der Waals surface area contributed by atoms with E-state index in [1.807, 2.05) is 72.8 Å². The van der Waals surface area contributed by atoms with Crippen LogP contribution in [0.15, 0.2) is 108 Å². The minimum Gasteiger partial charge on any atom is -0.266 e. The van der Waals surface area contributed by atoms with Crippen LogP contribution in [0.5, 0.6) is 0 Å². The van der Waals surface area contributed by atoms with Gasteiger partial charge in [0.1, 0.15) is 11.5 Å². The number of carbonyl (C=O) groups is 1. The molecule has 1 heterocycles. The molecule has 0 saturated carbocycles. The fourth-order valence-corrected chi connectivity index (χ4v) is 3.78. The van der Waals surface area contributed by atoms with Crippen molar-refractivity contribution in [3.8, 4) is 0 Å². The summed E-state index contributed by atoms with van der Waals surface area (Å²) in [5, 5.41) is 2.85. The van der Waals surface area contributed by atoms with E-state index in [9.17, 15) is 4.79 Å². The second-order valence-corrected chi connectivity index (χ2v) is 7.45. The molecule has 30 heavy (non-hydrogen) atoms. The summed E-state index contributed by atoms with van der Waals surface area (Å²) < 4.78 is 0. The van der Waals surface area contributed by atoms with Gasteiger partial charge in [-0.25, -0.2) is 4.99 Å². The summed E-state index contributed by atoms with van der Waals surface area (Å²) >= 11 is 6.06. The van der Waals surface area contributed by atoms with Crippen LogP contribution < -0.4 is 4.90 Å². The van der Waals surface area contributed by atoms with E-state index in [1.165, 1.54) is 0 Å². The molecule has 5 rings (SSSR count). The Morgan fingerprint density at radius 3 is 2.27 bits per heavy atom. The molecule has 0 spiro atoms. The van der Waals surface area contributed by atoms with E-state index in [0.717, 1.165) is 27.6 Å². The van der Waals surface area contributed by atoms with Gasteiger partial charge in [-0.2, -0.15) is 0 Å². The molecular formula is C26H17ClN2O. The molecule has 0 unspecified atom stereocenters. The van der Waals surface area contributed by atoms with Gasteiger partial charge in [0.25, 0.3) is 5.91 Å². The van der Waals surface area contributed by atoms with Crippen LogP contribution in [0.4, 0.5) is 5.69 Å². The Labute approximate surface area is 179 Å². The lowest BCUT2D eigenvalue weighted by molar-refractivity contribution is -0.113. The van der Waals surface area contributed by atoms with Crippen molar-refractivity contribution < 1.29 is 4.79 Å². The molecular weight excluding hydrogens is 392 g/mol. The Kier molecular flexibility index (Phi) is 4.66. The van der Waals surface area contributed by atoms with E-state index >= 15 is 0 Å². The van der Waals surface area contributed by atoms with E-state index < -0.39 is 0 Å². The Balaban J connectivity index is 1.66. The third kappa shape index (κ3) is 3.30. The number of hydrogen-bond donors (Lipinski definition) is 0. The smallest absolute Gasteiger partial charge is 0.266 e. The van der Waals surface area contributed by atoms with Crippen molar-refractivity contribution in [1.29, 1.82) is 0 Å². The number of rotatable bonds is 3. The summed E-state index contributed by atoms with van der Waals surface area (Å²) in [5.74, 6) is 0.438. The number of fused-ring (bicyclic) bond motifs is 1. The Morgan fingerprint density at radius 1 is 0.767 bits per heavy atom. The number of anilines is 1. The fraction of sp³-hybridized carbons (Fsp3) is 0. The minimum absolute atomic E-state index is 0.154. The summed E-state index contributed by atoms with van der Waals surface area (Å²) in [7, 11) is 0. The normalized spacial score (nSPS) is 15.1. The van der Waals surface area contributed by atoms with Gasteiger partial charge in [0.05, 0.1) is 5.69 Å². The second-order valence-electron chi connectivity index (χ2n) is 7.02. The van der Waals surface area contributed by atoms with Crippen molar-refractivity contribution in [3.63, 3.8) is 0 Å². The molecule has 1 amide bonds. The van der Waals surface area contributed by atoms with Gasteiger partial charge in [-0.15, -0.1) is 0 Å². The van der Waals surface area contributed by atoms with Gasteiger partial charge < -0.3 is 0 Å². The van der Waals surface area contributed by atoms with Crippen LogP contribution in [0.1, 0.15) is 11.1 Å². The minimum atomic E-state index is -0.154. The highest BCUT2D eigenvalue weighted by Crippen LogP contribution is 2.29.